The fourth-order valence-corrected chi connectivity index (χ4v) is 4.41. The Labute approximate surface area is 195 Å². The SMILES string of the molecule is O=C(N/N=C\c1cn(Cc2ccccc2)c2ccccc12)c1cc2c(ccc3ccccc32)o1. The molecule has 1 amide bonds. The number of benzene rings is 4. The Morgan fingerprint density at radius 2 is 1.62 bits per heavy atom. The van der Waals surface area contributed by atoms with E-state index in [2.05, 4.69) is 45.6 Å². The Morgan fingerprint density at radius 1 is 0.853 bits per heavy atom. The summed E-state index contributed by atoms with van der Waals surface area (Å²) in [5, 5.41) is 8.37. The third kappa shape index (κ3) is 3.63. The lowest BCUT2D eigenvalue weighted by Crippen LogP contribution is -2.16. The second-order valence-corrected chi connectivity index (χ2v) is 8.22. The van der Waals surface area contributed by atoms with Crippen molar-refractivity contribution in [3.05, 3.63) is 120 Å². The van der Waals surface area contributed by atoms with Gasteiger partial charge in [-0.2, -0.15) is 5.10 Å². The second-order valence-electron chi connectivity index (χ2n) is 8.22. The molecule has 0 aliphatic carbocycles. The van der Waals surface area contributed by atoms with Gasteiger partial charge in [-0.3, -0.25) is 4.79 Å². The highest BCUT2D eigenvalue weighted by Gasteiger charge is 2.14. The third-order valence-electron chi connectivity index (χ3n) is 6.03. The summed E-state index contributed by atoms with van der Waals surface area (Å²) in [6.07, 6.45) is 3.74. The van der Waals surface area contributed by atoms with Crippen molar-refractivity contribution in [1.82, 2.24) is 9.99 Å². The van der Waals surface area contributed by atoms with Gasteiger partial charge in [-0.05, 0) is 34.5 Å². The molecule has 0 radical (unpaired) electrons. The Kier molecular flexibility index (Phi) is 4.92. The largest absolute Gasteiger partial charge is 0.451 e. The maximum atomic E-state index is 12.7. The molecule has 0 aliphatic rings. The van der Waals surface area contributed by atoms with E-state index < -0.39 is 0 Å². The Balaban J connectivity index is 1.26. The summed E-state index contributed by atoms with van der Waals surface area (Å²) in [5.41, 5.74) is 6.55. The first-order valence-electron chi connectivity index (χ1n) is 11.1. The lowest BCUT2D eigenvalue weighted by Gasteiger charge is -2.05. The summed E-state index contributed by atoms with van der Waals surface area (Å²) in [6, 6.07) is 32.2. The Morgan fingerprint density at radius 3 is 2.50 bits per heavy atom. The zero-order chi connectivity index (χ0) is 22.9. The van der Waals surface area contributed by atoms with Gasteiger partial charge in [-0.1, -0.05) is 78.9 Å². The van der Waals surface area contributed by atoms with Crippen molar-refractivity contribution in [2.75, 3.05) is 0 Å². The van der Waals surface area contributed by atoms with Crippen molar-refractivity contribution in [3.8, 4) is 0 Å². The van der Waals surface area contributed by atoms with Crippen molar-refractivity contribution in [1.29, 1.82) is 0 Å². The van der Waals surface area contributed by atoms with Gasteiger partial charge in [0.25, 0.3) is 0 Å². The van der Waals surface area contributed by atoms with Gasteiger partial charge in [0.05, 0.1) is 6.21 Å². The highest BCUT2D eigenvalue weighted by molar-refractivity contribution is 6.08. The molecular formula is C29H21N3O2. The number of nitrogens with zero attached hydrogens (tertiary/aromatic N) is 2. The molecule has 4 aromatic carbocycles. The molecule has 6 aromatic rings. The van der Waals surface area contributed by atoms with E-state index in [4.69, 9.17) is 4.42 Å². The lowest BCUT2D eigenvalue weighted by molar-refractivity contribution is 0.0929. The molecule has 0 unspecified atom stereocenters. The maximum absolute atomic E-state index is 12.7. The predicted molar refractivity (Wildman–Crippen MR) is 136 cm³/mol. The average molecular weight is 444 g/mol. The van der Waals surface area contributed by atoms with Crippen LogP contribution in [-0.2, 0) is 6.54 Å². The van der Waals surface area contributed by atoms with Gasteiger partial charge in [0.1, 0.15) is 5.58 Å². The number of hydrazone groups is 1. The maximum Gasteiger partial charge on any atom is 0.307 e. The molecule has 2 aromatic heterocycles. The first-order chi connectivity index (χ1) is 16.8. The van der Waals surface area contributed by atoms with Crippen LogP contribution in [-0.4, -0.2) is 16.7 Å². The molecule has 0 saturated carbocycles. The van der Waals surface area contributed by atoms with E-state index in [0.717, 1.165) is 39.2 Å². The zero-order valence-corrected chi connectivity index (χ0v) is 18.3. The first-order valence-corrected chi connectivity index (χ1v) is 11.1. The first kappa shape index (κ1) is 20.0. The molecule has 0 aliphatic heterocycles. The molecule has 0 fully saturated rings. The number of para-hydroxylation sites is 1. The fraction of sp³-hybridized carbons (Fsp3) is 0.0345. The van der Waals surface area contributed by atoms with Gasteiger partial charge in [0.15, 0.2) is 5.76 Å². The second kappa shape index (κ2) is 8.37. The number of aromatic nitrogens is 1. The van der Waals surface area contributed by atoms with Crippen molar-refractivity contribution in [2.24, 2.45) is 5.10 Å². The van der Waals surface area contributed by atoms with E-state index in [0.29, 0.717) is 5.58 Å². The summed E-state index contributed by atoms with van der Waals surface area (Å²) in [5.74, 6) is -0.153. The number of amides is 1. The van der Waals surface area contributed by atoms with Crippen molar-refractivity contribution >= 4 is 44.8 Å². The minimum Gasteiger partial charge on any atom is -0.451 e. The molecule has 164 valence electrons. The van der Waals surface area contributed by atoms with Crippen LogP contribution in [0.15, 0.2) is 113 Å². The average Bonchev–Trinajstić information content (AvgIpc) is 3.47. The molecule has 34 heavy (non-hydrogen) atoms. The molecule has 5 heteroatoms. The number of hydrogen-bond acceptors (Lipinski definition) is 3. The van der Waals surface area contributed by atoms with Gasteiger partial charge >= 0.3 is 5.91 Å². The van der Waals surface area contributed by atoms with Gasteiger partial charge in [-0.25, -0.2) is 5.43 Å². The smallest absolute Gasteiger partial charge is 0.307 e. The van der Waals surface area contributed by atoms with Crippen molar-refractivity contribution in [3.63, 3.8) is 0 Å². The molecule has 0 atom stereocenters. The van der Waals surface area contributed by atoms with Crippen LogP contribution in [0.25, 0.3) is 32.6 Å². The van der Waals surface area contributed by atoms with Gasteiger partial charge in [-0.15, -0.1) is 0 Å². The molecule has 2 heterocycles. The number of rotatable bonds is 5. The molecule has 5 nitrogen and oxygen atoms in total. The molecule has 1 N–H and O–H groups in total. The van der Waals surface area contributed by atoms with Crippen LogP contribution < -0.4 is 5.43 Å². The number of fused-ring (bicyclic) bond motifs is 4. The number of nitrogens with one attached hydrogen (secondary N) is 1. The predicted octanol–water partition coefficient (Wildman–Crippen LogP) is 6.35. The zero-order valence-electron chi connectivity index (χ0n) is 18.3. The minimum absolute atomic E-state index is 0.231. The summed E-state index contributed by atoms with van der Waals surface area (Å²) in [6.45, 7) is 0.758. The molecule has 0 spiro atoms. The summed E-state index contributed by atoms with van der Waals surface area (Å²) < 4.78 is 7.98. The van der Waals surface area contributed by atoms with Crippen LogP contribution >= 0.6 is 0 Å². The summed E-state index contributed by atoms with van der Waals surface area (Å²) >= 11 is 0. The minimum atomic E-state index is -0.385. The highest BCUT2D eigenvalue weighted by atomic mass is 16.3. The van der Waals surface area contributed by atoms with Crippen LogP contribution in [0.3, 0.4) is 0 Å². The Bertz CT molecular complexity index is 1680. The van der Waals surface area contributed by atoms with Crippen LogP contribution in [0.2, 0.25) is 0 Å². The van der Waals surface area contributed by atoms with Gasteiger partial charge < -0.3 is 8.98 Å². The van der Waals surface area contributed by atoms with Crippen LogP contribution in [0.4, 0.5) is 0 Å². The molecular weight excluding hydrogens is 422 g/mol. The number of carbonyl (C=O) groups excluding carboxylic acids is 1. The number of furan rings is 1. The van der Waals surface area contributed by atoms with E-state index in [1.54, 1.807) is 12.3 Å². The van der Waals surface area contributed by atoms with E-state index in [1.807, 2.05) is 66.7 Å². The van der Waals surface area contributed by atoms with Crippen LogP contribution in [0, 0.1) is 0 Å². The quantitative estimate of drug-likeness (QED) is 0.249. The highest BCUT2D eigenvalue weighted by Crippen LogP contribution is 2.28. The standard InChI is InChI=1S/C29H21N3O2/c33-29(28-16-25-23-11-5-4-10-21(23)14-15-27(25)34-28)31-30-17-22-19-32(18-20-8-2-1-3-9-20)26-13-7-6-12-24(22)26/h1-17,19H,18H2,(H,31,33)/b30-17-. The molecule has 0 bridgehead atoms. The Hall–Kier alpha value is -4.64. The van der Waals surface area contributed by atoms with E-state index in [1.165, 1.54) is 5.56 Å². The van der Waals surface area contributed by atoms with Gasteiger partial charge in [0, 0.05) is 34.6 Å². The lowest BCUT2D eigenvalue weighted by atomic mass is 10.1. The summed E-state index contributed by atoms with van der Waals surface area (Å²) in [7, 11) is 0. The summed E-state index contributed by atoms with van der Waals surface area (Å²) in [4.78, 5) is 12.7. The van der Waals surface area contributed by atoms with E-state index in [9.17, 15) is 4.79 Å². The topological polar surface area (TPSA) is 59.5 Å². The van der Waals surface area contributed by atoms with Crippen LogP contribution in [0.5, 0.6) is 0 Å². The molecule has 0 saturated heterocycles. The number of carbonyl (C=O) groups is 1. The van der Waals surface area contributed by atoms with Crippen LogP contribution in [0.1, 0.15) is 21.7 Å². The van der Waals surface area contributed by atoms with E-state index >= 15 is 0 Å². The van der Waals surface area contributed by atoms with E-state index in [-0.39, 0.29) is 11.7 Å². The monoisotopic (exact) mass is 443 g/mol. The van der Waals surface area contributed by atoms with Gasteiger partial charge in [0.2, 0.25) is 0 Å². The third-order valence-corrected chi connectivity index (χ3v) is 6.03. The number of hydrogen-bond donors (Lipinski definition) is 1. The van der Waals surface area contributed by atoms with Crippen molar-refractivity contribution < 1.29 is 9.21 Å². The fourth-order valence-electron chi connectivity index (χ4n) is 4.41. The van der Waals surface area contributed by atoms with Crippen molar-refractivity contribution in [2.45, 2.75) is 6.54 Å². The molecule has 6 rings (SSSR count). The normalized spacial score (nSPS) is 11.6.